The summed E-state index contributed by atoms with van der Waals surface area (Å²) >= 11 is 0. The summed E-state index contributed by atoms with van der Waals surface area (Å²) in [5.74, 6) is -0.782. The number of aliphatic hydroxyl groups excluding tert-OH is 2. The summed E-state index contributed by atoms with van der Waals surface area (Å²) in [5.41, 5.74) is 1.99. The Morgan fingerprint density at radius 3 is 2.89 bits per heavy atom. The largest absolute Gasteiger partial charge is 0.461 e. The highest BCUT2D eigenvalue weighted by Gasteiger charge is 2.45. The molecule has 0 aromatic rings. The van der Waals surface area contributed by atoms with Crippen molar-refractivity contribution in [3.8, 4) is 0 Å². The third-order valence-electron chi connectivity index (χ3n) is 4.13. The van der Waals surface area contributed by atoms with Gasteiger partial charge in [0.1, 0.15) is 6.10 Å². The summed E-state index contributed by atoms with van der Waals surface area (Å²) in [4.78, 5) is 11.7. The van der Waals surface area contributed by atoms with Crippen molar-refractivity contribution in [2.45, 2.75) is 45.3 Å². The zero-order valence-corrected chi connectivity index (χ0v) is 11.5. The molecule has 4 heteroatoms. The minimum Gasteiger partial charge on any atom is -0.461 e. The third kappa shape index (κ3) is 3.07. The molecule has 0 spiro atoms. The first-order valence-electron chi connectivity index (χ1n) is 6.87. The van der Waals surface area contributed by atoms with Crippen molar-refractivity contribution in [1.29, 1.82) is 0 Å². The van der Waals surface area contributed by atoms with Crippen LogP contribution in [0.2, 0.25) is 0 Å². The number of hydrogen-bond donors (Lipinski definition) is 2. The molecule has 2 N–H and O–H groups in total. The van der Waals surface area contributed by atoms with Gasteiger partial charge in [0.2, 0.25) is 0 Å². The van der Waals surface area contributed by atoms with E-state index in [1.165, 1.54) is 0 Å². The highest BCUT2D eigenvalue weighted by Crippen LogP contribution is 2.36. The summed E-state index contributed by atoms with van der Waals surface area (Å²) in [6, 6.07) is 0. The van der Waals surface area contributed by atoms with Gasteiger partial charge >= 0.3 is 5.97 Å². The summed E-state index contributed by atoms with van der Waals surface area (Å²) in [7, 11) is 0. The Morgan fingerprint density at radius 2 is 2.21 bits per heavy atom. The number of aliphatic hydroxyl groups is 2. The van der Waals surface area contributed by atoms with Crippen LogP contribution in [0.3, 0.4) is 0 Å². The molecular weight excluding hydrogens is 244 g/mol. The molecule has 0 aromatic carbocycles. The second-order valence-electron chi connectivity index (χ2n) is 5.61. The summed E-state index contributed by atoms with van der Waals surface area (Å²) in [5, 5.41) is 19.7. The minimum absolute atomic E-state index is 0.0198. The van der Waals surface area contributed by atoms with Gasteiger partial charge in [0.15, 0.2) is 0 Å². The molecule has 0 bridgehead atoms. The van der Waals surface area contributed by atoms with Crippen molar-refractivity contribution in [2.24, 2.45) is 11.8 Å². The first kappa shape index (κ1) is 14.3. The fraction of sp³-hybridized carbons (Fsp3) is 0.667. The molecule has 19 heavy (non-hydrogen) atoms. The van der Waals surface area contributed by atoms with Crippen molar-refractivity contribution in [3.05, 3.63) is 23.3 Å². The molecule has 106 valence electrons. The summed E-state index contributed by atoms with van der Waals surface area (Å²) < 4.78 is 5.37. The van der Waals surface area contributed by atoms with E-state index in [0.29, 0.717) is 6.42 Å². The molecule has 2 aliphatic rings. The number of esters is 1. The molecule has 1 fully saturated rings. The Morgan fingerprint density at radius 1 is 1.47 bits per heavy atom. The van der Waals surface area contributed by atoms with Gasteiger partial charge < -0.3 is 14.9 Å². The van der Waals surface area contributed by atoms with Crippen molar-refractivity contribution < 1.29 is 19.7 Å². The second-order valence-corrected chi connectivity index (χ2v) is 5.61. The van der Waals surface area contributed by atoms with Crippen LogP contribution >= 0.6 is 0 Å². The molecule has 0 saturated carbocycles. The zero-order valence-electron chi connectivity index (χ0n) is 11.5. The number of carbonyl (C=O) groups is 1. The van der Waals surface area contributed by atoms with Gasteiger partial charge in [-0.05, 0) is 25.3 Å². The van der Waals surface area contributed by atoms with Crippen molar-refractivity contribution >= 4 is 5.97 Å². The maximum absolute atomic E-state index is 11.7. The summed E-state index contributed by atoms with van der Waals surface area (Å²) in [6.45, 7) is 3.76. The molecule has 1 aliphatic heterocycles. The van der Waals surface area contributed by atoms with E-state index < -0.39 is 6.10 Å². The van der Waals surface area contributed by atoms with E-state index in [1.807, 2.05) is 19.1 Å². The minimum atomic E-state index is -0.663. The number of ether oxygens (including phenoxy) is 1. The highest BCUT2D eigenvalue weighted by atomic mass is 16.6. The molecule has 1 saturated heterocycles. The Balaban J connectivity index is 2.30. The van der Waals surface area contributed by atoms with Gasteiger partial charge in [0, 0.05) is 12.3 Å². The monoisotopic (exact) mass is 266 g/mol. The number of hydrogen-bond acceptors (Lipinski definition) is 4. The van der Waals surface area contributed by atoms with Crippen LogP contribution in [0.25, 0.3) is 0 Å². The lowest BCUT2D eigenvalue weighted by Gasteiger charge is -2.24. The van der Waals surface area contributed by atoms with Crippen LogP contribution in [0.5, 0.6) is 0 Å². The van der Waals surface area contributed by atoms with Crippen molar-refractivity contribution in [2.75, 3.05) is 6.61 Å². The van der Waals surface area contributed by atoms with E-state index in [9.17, 15) is 15.0 Å². The van der Waals surface area contributed by atoms with Crippen molar-refractivity contribution in [1.82, 2.24) is 0 Å². The molecule has 0 radical (unpaired) electrons. The van der Waals surface area contributed by atoms with E-state index in [0.717, 1.165) is 24.0 Å². The van der Waals surface area contributed by atoms with Crippen LogP contribution in [0.15, 0.2) is 23.3 Å². The van der Waals surface area contributed by atoms with Gasteiger partial charge in [-0.1, -0.05) is 24.6 Å². The average Bonchev–Trinajstić information content (AvgIpc) is 2.63. The maximum atomic E-state index is 11.7. The van der Waals surface area contributed by atoms with Gasteiger partial charge in [-0.15, -0.1) is 0 Å². The van der Waals surface area contributed by atoms with Gasteiger partial charge in [0.05, 0.1) is 18.6 Å². The van der Waals surface area contributed by atoms with Gasteiger partial charge in [-0.25, -0.2) is 0 Å². The highest BCUT2D eigenvalue weighted by molar-refractivity contribution is 5.75. The van der Waals surface area contributed by atoms with Crippen LogP contribution in [-0.4, -0.2) is 35.0 Å². The number of rotatable bonds is 1. The van der Waals surface area contributed by atoms with Crippen LogP contribution in [-0.2, 0) is 9.53 Å². The Kier molecular flexibility index (Phi) is 4.42. The Bertz CT molecular complexity index is 410. The third-order valence-corrected chi connectivity index (χ3v) is 4.13. The van der Waals surface area contributed by atoms with E-state index in [4.69, 9.17) is 4.74 Å². The van der Waals surface area contributed by atoms with E-state index in [-0.39, 0.29) is 30.5 Å². The SMILES string of the molecule is CC1=CC(O)C2C(CC(CO)=CCC1)OC(=O)C2C. The zero-order chi connectivity index (χ0) is 14.0. The fourth-order valence-corrected chi connectivity index (χ4v) is 2.97. The molecule has 1 heterocycles. The molecule has 0 amide bonds. The smallest absolute Gasteiger partial charge is 0.309 e. The van der Waals surface area contributed by atoms with Gasteiger partial charge in [-0.2, -0.15) is 0 Å². The summed E-state index contributed by atoms with van der Waals surface area (Å²) in [6.07, 6.45) is 5.08. The Labute approximate surface area is 113 Å². The lowest BCUT2D eigenvalue weighted by Crippen LogP contribution is -2.31. The maximum Gasteiger partial charge on any atom is 0.309 e. The predicted octanol–water partition coefficient (Wildman–Crippen LogP) is 1.57. The molecule has 4 atom stereocenters. The molecule has 2 rings (SSSR count). The van der Waals surface area contributed by atoms with Gasteiger partial charge in [0.25, 0.3) is 0 Å². The first-order valence-corrected chi connectivity index (χ1v) is 6.87. The van der Waals surface area contributed by atoms with E-state index in [2.05, 4.69) is 0 Å². The average molecular weight is 266 g/mol. The molecular formula is C15H22O4. The van der Waals surface area contributed by atoms with Crippen LogP contribution in [0.1, 0.15) is 33.1 Å². The van der Waals surface area contributed by atoms with Gasteiger partial charge in [-0.3, -0.25) is 4.79 Å². The van der Waals surface area contributed by atoms with Crippen molar-refractivity contribution in [3.63, 3.8) is 0 Å². The standard InChI is InChI=1S/C15H22O4/c1-9-4-3-5-11(8-16)7-13-14(12(17)6-9)10(2)15(18)19-13/h5-6,10,12-14,16-17H,3-4,7-8H2,1-2H3. The number of carbonyl (C=O) groups excluding carboxylic acids is 1. The molecule has 0 aromatic heterocycles. The number of allylic oxidation sites excluding steroid dienone is 2. The quantitative estimate of drug-likeness (QED) is 0.558. The topological polar surface area (TPSA) is 66.8 Å². The molecule has 4 unspecified atom stereocenters. The second kappa shape index (κ2) is 5.88. The first-order chi connectivity index (χ1) is 9.02. The normalized spacial score (nSPS) is 36.1. The number of fused-ring (bicyclic) bond motifs is 1. The van der Waals surface area contributed by atoms with Crippen LogP contribution in [0.4, 0.5) is 0 Å². The molecule has 1 aliphatic carbocycles. The van der Waals surface area contributed by atoms with E-state index >= 15 is 0 Å². The predicted molar refractivity (Wildman–Crippen MR) is 71.3 cm³/mol. The molecule has 4 nitrogen and oxygen atoms in total. The lowest BCUT2D eigenvalue weighted by atomic mass is 9.82. The van der Waals surface area contributed by atoms with Crippen LogP contribution < -0.4 is 0 Å². The fourth-order valence-electron chi connectivity index (χ4n) is 2.97. The van der Waals surface area contributed by atoms with E-state index in [1.54, 1.807) is 6.92 Å². The lowest BCUT2D eigenvalue weighted by molar-refractivity contribution is -0.143. The Hall–Kier alpha value is -1.13. The van der Waals surface area contributed by atoms with Crippen LogP contribution in [0, 0.1) is 11.8 Å².